The van der Waals surface area contributed by atoms with E-state index in [-0.39, 0.29) is 41.8 Å². The molecule has 7 nitrogen and oxygen atoms in total. The summed E-state index contributed by atoms with van der Waals surface area (Å²) >= 11 is 0. The number of rotatable bonds is 7. The van der Waals surface area contributed by atoms with E-state index in [2.05, 4.69) is 25.5 Å². The molecule has 0 bridgehead atoms. The van der Waals surface area contributed by atoms with Gasteiger partial charge in [-0.05, 0) is 31.4 Å². The summed E-state index contributed by atoms with van der Waals surface area (Å²) in [6, 6.07) is 2.32. The van der Waals surface area contributed by atoms with Gasteiger partial charge in [0.1, 0.15) is 5.82 Å². The third-order valence-corrected chi connectivity index (χ3v) is 4.74. The van der Waals surface area contributed by atoms with Crippen LogP contribution in [0.2, 0.25) is 0 Å². The van der Waals surface area contributed by atoms with Gasteiger partial charge in [-0.2, -0.15) is 13.2 Å². The van der Waals surface area contributed by atoms with E-state index in [1.165, 1.54) is 13.2 Å². The summed E-state index contributed by atoms with van der Waals surface area (Å²) in [5.74, 6) is 0.945. The highest BCUT2D eigenvalue weighted by molar-refractivity contribution is 14.0. The van der Waals surface area contributed by atoms with Gasteiger partial charge in [-0.15, -0.1) is 24.0 Å². The molecule has 2 heterocycles. The van der Waals surface area contributed by atoms with Crippen molar-refractivity contribution in [2.24, 2.45) is 16.8 Å². The predicted molar refractivity (Wildman–Crippen MR) is 120 cm³/mol. The molecule has 2 atom stereocenters. The van der Waals surface area contributed by atoms with Gasteiger partial charge in [-0.1, -0.05) is 6.92 Å². The Kier molecular flexibility index (Phi) is 10.6. The van der Waals surface area contributed by atoms with Gasteiger partial charge in [0.05, 0.1) is 18.6 Å². The van der Waals surface area contributed by atoms with E-state index in [1.807, 2.05) is 13.8 Å². The van der Waals surface area contributed by atoms with Crippen LogP contribution >= 0.6 is 24.0 Å². The molecule has 1 saturated heterocycles. The number of hydrogen-bond donors (Lipinski definition) is 2. The van der Waals surface area contributed by atoms with Crippen LogP contribution in [0.1, 0.15) is 25.8 Å². The molecule has 0 amide bonds. The lowest BCUT2D eigenvalue weighted by Crippen LogP contribution is -2.40. The summed E-state index contributed by atoms with van der Waals surface area (Å²) in [6.07, 6.45) is -2.89. The zero-order chi connectivity index (χ0) is 21.4. The largest absolute Gasteiger partial charge is 0.469 e. The number of halogens is 4. The Morgan fingerprint density at radius 2 is 2.10 bits per heavy atom. The molecule has 1 aromatic rings. The van der Waals surface area contributed by atoms with Crippen molar-refractivity contribution in [3.8, 4) is 0 Å². The molecule has 1 fully saturated rings. The minimum atomic E-state index is -4.39. The molecular formula is C19H29F3IN5O2. The van der Waals surface area contributed by atoms with Gasteiger partial charge >= 0.3 is 12.1 Å². The highest BCUT2D eigenvalue weighted by atomic mass is 127. The first kappa shape index (κ1) is 26.2. The molecule has 2 N–H and O–H groups in total. The Bertz CT molecular complexity index is 700. The number of pyridine rings is 1. The van der Waals surface area contributed by atoms with Crippen LogP contribution in [0.25, 0.3) is 0 Å². The Hall–Kier alpha value is -1.79. The van der Waals surface area contributed by atoms with Crippen LogP contribution < -0.4 is 10.6 Å². The fraction of sp³-hybridized carbons (Fsp3) is 0.632. The average Bonchev–Trinajstić information content (AvgIpc) is 3.07. The molecular weight excluding hydrogens is 514 g/mol. The minimum Gasteiger partial charge on any atom is -0.469 e. The molecule has 0 saturated carbocycles. The van der Waals surface area contributed by atoms with Gasteiger partial charge < -0.3 is 20.3 Å². The number of aliphatic imine (C=N–C) groups is 1. The van der Waals surface area contributed by atoms with E-state index in [0.717, 1.165) is 24.8 Å². The zero-order valence-electron chi connectivity index (χ0n) is 17.3. The molecule has 0 aliphatic carbocycles. The number of nitrogens with zero attached hydrogens (tertiary/aromatic N) is 3. The maximum atomic E-state index is 12.5. The number of nitrogens with one attached hydrogen (secondary N) is 2. The fourth-order valence-electron chi connectivity index (χ4n) is 3.17. The first-order valence-electron chi connectivity index (χ1n) is 9.64. The van der Waals surface area contributed by atoms with Crippen LogP contribution in [-0.2, 0) is 15.7 Å². The van der Waals surface area contributed by atoms with Gasteiger partial charge in [-0.3, -0.25) is 9.79 Å². The Labute approximate surface area is 191 Å². The van der Waals surface area contributed by atoms with E-state index < -0.39 is 11.7 Å². The number of alkyl halides is 3. The normalized spacial score (nSPS) is 19.3. The SMILES string of the molecule is CCNC(=NCCCNc1ccc(C(F)(F)F)cn1)N1CC(C)C(C(=O)OC)C1.I. The molecule has 0 radical (unpaired) electrons. The summed E-state index contributed by atoms with van der Waals surface area (Å²) in [4.78, 5) is 22.3. The van der Waals surface area contributed by atoms with E-state index in [9.17, 15) is 18.0 Å². The number of hydrogen-bond acceptors (Lipinski definition) is 5. The van der Waals surface area contributed by atoms with Crippen molar-refractivity contribution in [2.45, 2.75) is 26.4 Å². The molecule has 2 unspecified atom stereocenters. The molecule has 170 valence electrons. The third kappa shape index (κ3) is 7.47. The van der Waals surface area contributed by atoms with Crippen LogP contribution in [-0.4, -0.2) is 61.6 Å². The number of aromatic nitrogens is 1. The summed E-state index contributed by atoms with van der Waals surface area (Å²) in [5.41, 5.74) is -0.770. The number of methoxy groups -OCH3 is 1. The first-order valence-corrected chi connectivity index (χ1v) is 9.64. The van der Waals surface area contributed by atoms with E-state index >= 15 is 0 Å². The van der Waals surface area contributed by atoms with Crippen LogP contribution in [0, 0.1) is 11.8 Å². The van der Waals surface area contributed by atoms with Crippen molar-refractivity contribution >= 4 is 41.7 Å². The second-order valence-electron chi connectivity index (χ2n) is 6.96. The van der Waals surface area contributed by atoms with Crippen molar-refractivity contribution in [2.75, 3.05) is 45.2 Å². The number of guanidine groups is 1. The molecule has 1 aliphatic heterocycles. The lowest BCUT2D eigenvalue weighted by atomic mass is 9.99. The summed E-state index contributed by atoms with van der Waals surface area (Å²) in [5, 5.41) is 6.23. The molecule has 11 heteroatoms. The summed E-state index contributed by atoms with van der Waals surface area (Å²) in [7, 11) is 1.40. The quantitative estimate of drug-likeness (QED) is 0.181. The van der Waals surface area contributed by atoms with Gasteiger partial charge in [0, 0.05) is 38.9 Å². The van der Waals surface area contributed by atoms with Crippen LogP contribution in [0.5, 0.6) is 0 Å². The number of ether oxygens (including phenoxy) is 1. The first-order chi connectivity index (χ1) is 13.8. The van der Waals surface area contributed by atoms with Gasteiger partial charge in [0.2, 0.25) is 0 Å². The zero-order valence-corrected chi connectivity index (χ0v) is 19.7. The van der Waals surface area contributed by atoms with Gasteiger partial charge in [0.25, 0.3) is 0 Å². The fourth-order valence-corrected chi connectivity index (χ4v) is 3.17. The monoisotopic (exact) mass is 543 g/mol. The second kappa shape index (κ2) is 12.2. The smallest absolute Gasteiger partial charge is 0.417 e. The van der Waals surface area contributed by atoms with Crippen molar-refractivity contribution in [1.82, 2.24) is 15.2 Å². The number of carbonyl (C=O) groups is 1. The second-order valence-corrected chi connectivity index (χ2v) is 6.96. The summed E-state index contributed by atoms with van der Waals surface area (Å²) < 4.78 is 42.5. The molecule has 0 aromatic carbocycles. The topological polar surface area (TPSA) is 78.9 Å². The van der Waals surface area contributed by atoms with Gasteiger partial charge in [-0.25, -0.2) is 4.98 Å². The molecule has 1 aromatic heterocycles. The van der Waals surface area contributed by atoms with Gasteiger partial charge in [0.15, 0.2) is 5.96 Å². The molecule has 2 rings (SSSR count). The molecule has 1 aliphatic rings. The van der Waals surface area contributed by atoms with Crippen LogP contribution in [0.3, 0.4) is 0 Å². The maximum absolute atomic E-state index is 12.5. The number of esters is 1. The lowest BCUT2D eigenvalue weighted by Gasteiger charge is -2.21. The third-order valence-electron chi connectivity index (χ3n) is 4.74. The Morgan fingerprint density at radius 1 is 1.37 bits per heavy atom. The van der Waals surface area contributed by atoms with Crippen molar-refractivity contribution in [3.05, 3.63) is 23.9 Å². The summed E-state index contributed by atoms with van der Waals surface area (Å²) in [6.45, 7) is 7.05. The van der Waals surface area contributed by atoms with E-state index in [0.29, 0.717) is 38.4 Å². The Balaban J connectivity index is 0.00000450. The van der Waals surface area contributed by atoms with Crippen molar-refractivity contribution < 1.29 is 22.7 Å². The standard InChI is InChI=1S/C19H28F3N5O2.HI/c1-4-23-18(27-11-13(2)15(12-27)17(28)29-3)25-9-5-8-24-16-7-6-14(10-26-16)19(20,21)22;/h6-7,10,13,15H,4-5,8-9,11-12H2,1-3H3,(H,23,25)(H,24,26);1H. The van der Waals surface area contributed by atoms with Crippen molar-refractivity contribution in [3.63, 3.8) is 0 Å². The molecule has 30 heavy (non-hydrogen) atoms. The van der Waals surface area contributed by atoms with Crippen LogP contribution in [0.4, 0.5) is 19.0 Å². The van der Waals surface area contributed by atoms with E-state index in [4.69, 9.17) is 4.74 Å². The maximum Gasteiger partial charge on any atom is 0.417 e. The number of carbonyl (C=O) groups excluding carboxylic acids is 1. The highest BCUT2D eigenvalue weighted by Crippen LogP contribution is 2.28. The number of likely N-dealkylation sites (tertiary alicyclic amines) is 1. The van der Waals surface area contributed by atoms with Crippen LogP contribution in [0.15, 0.2) is 23.3 Å². The van der Waals surface area contributed by atoms with Crippen molar-refractivity contribution in [1.29, 1.82) is 0 Å². The Morgan fingerprint density at radius 3 is 2.67 bits per heavy atom. The molecule has 0 spiro atoms. The van der Waals surface area contributed by atoms with E-state index in [1.54, 1.807) is 0 Å². The highest BCUT2D eigenvalue weighted by Gasteiger charge is 2.36. The lowest BCUT2D eigenvalue weighted by molar-refractivity contribution is -0.146. The minimum absolute atomic E-state index is 0. The average molecular weight is 543 g/mol. The number of anilines is 1. The predicted octanol–water partition coefficient (Wildman–Crippen LogP) is 3.23.